The largest absolute Gasteiger partial charge is 0.494 e. The topological polar surface area (TPSA) is 21.8 Å². The number of allylic oxidation sites excluding steroid dienone is 2. The zero-order valence-corrected chi connectivity index (χ0v) is 18.6. The average molecular weight is 490 g/mol. The maximum atomic E-state index is 15.0. The molecule has 1 aliphatic carbocycles. The van der Waals surface area contributed by atoms with Gasteiger partial charge in [-0.2, -0.15) is 4.39 Å². The quantitative estimate of drug-likeness (QED) is 0.271. The van der Waals surface area contributed by atoms with E-state index in [1.165, 1.54) is 43.5 Å². The van der Waals surface area contributed by atoms with E-state index >= 15 is 4.39 Å². The highest BCUT2D eigenvalue weighted by molar-refractivity contribution is 5.69. The van der Waals surface area contributed by atoms with Crippen molar-refractivity contribution in [3.8, 4) is 16.9 Å². The van der Waals surface area contributed by atoms with Gasteiger partial charge in [0.05, 0.1) is 13.7 Å². The summed E-state index contributed by atoms with van der Waals surface area (Å²) in [6.45, 7) is 0.283. The van der Waals surface area contributed by atoms with Crippen molar-refractivity contribution in [3.63, 3.8) is 0 Å². The Bertz CT molecular complexity index is 1350. The standard InChI is InChI=1S/C27H20F6O2/c1-34-20-11-10-16(23(29)27(20)33)14-4-2-13(3-5-14)15-6-7-17(24(30)22(15)28)18-8-9-19(21-12-35-21)26(32)25(18)31/h4,6-11,13,21H,2-3,5,12H2,1H3. The Morgan fingerprint density at radius 2 is 1.29 bits per heavy atom. The maximum Gasteiger partial charge on any atom is 0.201 e. The van der Waals surface area contributed by atoms with E-state index in [2.05, 4.69) is 0 Å². The van der Waals surface area contributed by atoms with Crippen LogP contribution in [0.5, 0.6) is 5.75 Å². The summed E-state index contributed by atoms with van der Waals surface area (Å²) in [5.74, 6) is -7.53. The fourth-order valence-corrected chi connectivity index (χ4v) is 4.64. The smallest absolute Gasteiger partial charge is 0.201 e. The van der Waals surface area contributed by atoms with Gasteiger partial charge in [-0.05, 0) is 48.4 Å². The molecule has 0 amide bonds. The Hall–Kier alpha value is -3.26. The summed E-state index contributed by atoms with van der Waals surface area (Å²) >= 11 is 0. The molecule has 2 nitrogen and oxygen atoms in total. The molecule has 8 heteroatoms. The summed E-state index contributed by atoms with van der Waals surface area (Å²) in [5, 5.41) is 0. The monoisotopic (exact) mass is 490 g/mol. The number of hydrogen-bond donors (Lipinski definition) is 0. The lowest BCUT2D eigenvalue weighted by atomic mass is 9.81. The minimum absolute atomic E-state index is 0.0433. The number of methoxy groups -OCH3 is 1. The van der Waals surface area contributed by atoms with Crippen LogP contribution in [0.3, 0.4) is 0 Å². The highest BCUT2D eigenvalue weighted by atomic mass is 19.2. The third-order valence-electron chi connectivity index (χ3n) is 6.66. The second-order valence-corrected chi connectivity index (χ2v) is 8.63. The highest BCUT2D eigenvalue weighted by Gasteiger charge is 2.31. The van der Waals surface area contributed by atoms with Crippen LogP contribution < -0.4 is 4.74 Å². The number of benzene rings is 3. The minimum Gasteiger partial charge on any atom is -0.494 e. The van der Waals surface area contributed by atoms with Crippen LogP contribution in [-0.2, 0) is 4.74 Å². The molecule has 3 aromatic rings. The van der Waals surface area contributed by atoms with Gasteiger partial charge in [0.25, 0.3) is 0 Å². The molecule has 0 N–H and O–H groups in total. The van der Waals surface area contributed by atoms with Crippen LogP contribution in [-0.4, -0.2) is 13.7 Å². The van der Waals surface area contributed by atoms with E-state index in [1.54, 1.807) is 6.08 Å². The SMILES string of the molecule is COc1ccc(C2=CCC(c3ccc(-c4ccc(C5CO5)c(F)c4F)c(F)c3F)CC2)c(F)c1F. The Balaban J connectivity index is 1.41. The molecule has 1 fully saturated rings. The predicted octanol–water partition coefficient (Wildman–Crippen LogP) is 7.62. The molecule has 1 heterocycles. The van der Waals surface area contributed by atoms with Crippen LogP contribution in [0, 0.1) is 34.9 Å². The van der Waals surface area contributed by atoms with Gasteiger partial charge >= 0.3 is 0 Å². The summed E-state index contributed by atoms with van der Waals surface area (Å²) in [5.41, 5.74) is 0.0383. The lowest BCUT2D eigenvalue weighted by molar-refractivity contribution is 0.371. The molecule has 1 aliphatic heterocycles. The molecule has 35 heavy (non-hydrogen) atoms. The first kappa shape index (κ1) is 23.5. The van der Waals surface area contributed by atoms with E-state index in [9.17, 15) is 22.0 Å². The molecular formula is C27H20F6O2. The molecule has 182 valence electrons. The lowest BCUT2D eigenvalue weighted by Gasteiger charge is -2.24. The molecule has 2 atom stereocenters. The molecule has 5 rings (SSSR count). The van der Waals surface area contributed by atoms with Crippen molar-refractivity contribution in [1.29, 1.82) is 0 Å². The van der Waals surface area contributed by atoms with Gasteiger partial charge in [0.2, 0.25) is 5.82 Å². The van der Waals surface area contributed by atoms with Gasteiger partial charge in [-0.25, -0.2) is 22.0 Å². The summed E-state index contributed by atoms with van der Waals surface area (Å²) in [6.07, 6.45) is 2.12. The summed E-state index contributed by atoms with van der Waals surface area (Å²) in [7, 11) is 1.24. The van der Waals surface area contributed by atoms with Crippen LogP contribution in [0.2, 0.25) is 0 Å². The van der Waals surface area contributed by atoms with Gasteiger partial charge in [0.1, 0.15) is 6.10 Å². The molecule has 2 unspecified atom stereocenters. The third-order valence-corrected chi connectivity index (χ3v) is 6.66. The Labute approximate surface area is 197 Å². The third kappa shape index (κ3) is 4.10. The number of ether oxygens (including phenoxy) is 2. The average Bonchev–Trinajstić information content (AvgIpc) is 3.70. The number of rotatable bonds is 5. The van der Waals surface area contributed by atoms with E-state index in [0.29, 0.717) is 18.4 Å². The van der Waals surface area contributed by atoms with Gasteiger partial charge in [0, 0.05) is 22.3 Å². The minimum atomic E-state index is -1.27. The molecule has 0 bridgehead atoms. The summed E-state index contributed by atoms with van der Waals surface area (Å²) < 4.78 is 97.3. The van der Waals surface area contributed by atoms with Crippen LogP contribution in [0.15, 0.2) is 42.5 Å². The van der Waals surface area contributed by atoms with Crippen molar-refractivity contribution >= 4 is 5.57 Å². The van der Waals surface area contributed by atoms with E-state index < -0.39 is 46.9 Å². The van der Waals surface area contributed by atoms with Crippen LogP contribution in [0.1, 0.15) is 48.0 Å². The number of halogens is 6. The Morgan fingerprint density at radius 1 is 0.714 bits per heavy atom. The first-order valence-corrected chi connectivity index (χ1v) is 11.1. The predicted molar refractivity (Wildman–Crippen MR) is 118 cm³/mol. The molecular weight excluding hydrogens is 470 g/mol. The van der Waals surface area contributed by atoms with E-state index in [1.807, 2.05) is 0 Å². The lowest BCUT2D eigenvalue weighted by Crippen LogP contribution is -2.09. The zero-order valence-electron chi connectivity index (χ0n) is 18.6. The normalized spacial score (nSPS) is 19.5. The van der Waals surface area contributed by atoms with Crippen molar-refractivity contribution in [3.05, 3.63) is 94.1 Å². The van der Waals surface area contributed by atoms with Crippen LogP contribution in [0.4, 0.5) is 26.3 Å². The molecule has 1 saturated heterocycles. The van der Waals surface area contributed by atoms with Crippen molar-refractivity contribution in [2.45, 2.75) is 31.3 Å². The molecule has 2 aliphatic rings. The van der Waals surface area contributed by atoms with E-state index in [0.717, 1.165) is 0 Å². The second-order valence-electron chi connectivity index (χ2n) is 8.63. The van der Waals surface area contributed by atoms with Gasteiger partial charge in [0.15, 0.2) is 34.8 Å². The molecule has 0 spiro atoms. The Morgan fingerprint density at radius 3 is 1.86 bits per heavy atom. The van der Waals surface area contributed by atoms with E-state index in [-0.39, 0.29) is 46.6 Å². The van der Waals surface area contributed by atoms with Gasteiger partial charge < -0.3 is 9.47 Å². The first-order valence-electron chi connectivity index (χ1n) is 11.1. The van der Waals surface area contributed by atoms with E-state index in [4.69, 9.17) is 9.47 Å². The van der Waals surface area contributed by atoms with Crippen molar-refractivity contribution in [2.75, 3.05) is 13.7 Å². The van der Waals surface area contributed by atoms with Gasteiger partial charge in [-0.3, -0.25) is 0 Å². The molecule has 0 radical (unpaired) electrons. The fourth-order valence-electron chi connectivity index (χ4n) is 4.64. The second kappa shape index (κ2) is 9.07. The van der Waals surface area contributed by atoms with Crippen molar-refractivity contribution in [2.24, 2.45) is 0 Å². The van der Waals surface area contributed by atoms with Gasteiger partial charge in [-0.1, -0.05) is 30.3 Å². The molecule has 0 saturated carbocycles. The number of hydrogen-bond acceptors (Lipinski definition) is 2. The van der Waals surface area contributed by atoms with Gasteiger partial charge in [-0.15, -0.1) is 0 Å². The maximum absolute atomic E-state index is 15.0. The van der Waals surface area contributed by atoms with Crippen molar-refractivity contribution in [1.82, 2.24) is 0 Å². The van der Waals surface area contributed by atoms with Crippen LogP contribution >= 0.6 is 0 Å². The fraction of sp³-hybridized carbons (Fsp3) is 0.259. The van der Waals surface area contributed by atoms with Crippen LogP contribution in [0.25, 0.3) is 16.7 Å². The zero-order chi connectivity index (χ0) is 24.9. The first-order chi connectivity index (χ1) is 16.8. The highest BCUT2D eigenvalue weighted by Crippen LogP contribution is 2.41. The summed E-state index contributed by atoms with van der Waals surface area (Å²) in [6, 6.07) is 7.88. The Kier molecular flexibility index (Phi) is 6.09. The summed E-state index contributed by atoms with van der Waals surface area (Å²) in [4.78, 5) is 0. The molecule has 0 aromatic heterocycles. The molecule has 3 aromatic carbocycles. The van der Waals surface area contributed by atoms with Crippen molar-refractivity contribution < 1.29 is 35.8 Å². The number of epoxide rings is 1.